The van der Waals surface area contributed by atoms with Gasteiger partial charge in [-0.25, -0.2) is 0 Å². The van der Waals surface area contributed by atoms with Gasteiger partial charge in [-0.15, -0.1) is 10.2 Å². The number of hydrogen-bond donors (Lipinski definition) is 1. The van der Waals surface area contributed by atoms with E-state index < -0.39 is 10.8 Å². The second-order valence-electron chi connectivity index (χ2n) is 7.10. The number of amides is 1. The van der Waals surface area contributed by atoms with Gasteiger partial charge >= 0.3 is 0 Å². The van der Waals surface area contributed by atoms with E-state index in [1.54, 1.807) is 0 Å². The molecule has 1 heterocycles. The zero-order valence-electron chi connectivity index (χ0n) is 18.5. The lowest BCUT2D eigenvalue weighted by molar-refractivity contribution is -0.385. The fourth-order valence-electron chi connectivity index (χ4n) is 3.12. The van der Waals surface area contributed by atoms with E-state index in [1.165, 1.54) is 30.6 Å². The fraction of sp³-hybridized carbons (Fsp3) is 0.571. The minimum atomic E-state index is -0.647. The highest BCUT2D eigenvalue weighted by atomic mass is 32.1. The summed E-state index contributed by atoms with van der Waals surface area (Å²) in [6, 6.07) is 2.57. The summed E-state index contributed by atoms with van der Waals surface area (Å²) in [6.45, 7) is 6.67. The molecule has 0 fully saturated rings. The Labute approximate surface area is 186 Å². The van der Waals surface area contributed by atoms with Crippen molar-refractivity contribution >= 4 is 28.1 Å². The molecule has 2 aromatic rings. The number of unbranched alkanes of at least 4 members (excludes halogenated alkanes) is 3. The van der Waals surface area contributed by atoms with Crippen LogP contribution in [0.5, 0.6) is 11.5 Å². The van der Waals surface area contributed by atoms with Crippen LogP contribution in [0.25, 0.3) is 0 Å². The molecule has 0 aliphatic heterocycles. The predicted molar refractivity (Wildman–Crippen MR) is 120 cm³/mol. The first-order valence-electron chi connectivity index (χ1n) is 10.6. The quantitative estimate of drug-likeness (QED) is 0.241. The molecular weight excluding hydrogens is 420 g/mol. The number of nitrogens with zero attached hydrogens (tertiary/aromatic N) is 3. The third-order valence-electron chi connectivity index (χ3n) is 4.97. The third-order valence-corrected chi connectivity index (χ3v) is 5.98. The maximum absolute atomic E-state index is 12.8. The molecule has 0 saturated carbocycles. The summed E-state index contributed by atoms with van der Waals surface area (Å²) in [6.07, 6.45) is 5.89. The molecule has 0 radical (unpaired) electrons. The highest BCUT2D eigenvalue weighted by Crippen LogP contribution is 2.36. The lowest BCUT2D eigenvalue weighted by Gasteiger charge is -2.12. The van der Waals surface area contributed by atoms with Crippen molar-refractivity contribution < 1.29 is 19.2 Å². The number of rotatable bonds is 13. The number of anilines is 1. The Balaban J connectivity index is 2.22. The molecule has 0 saturated heterocycles. The van der Waals surface area contributed by atoms with Crippen molar-refractivity contribution in [1.29, 1.82) is 0 Å². The van der Waals surface area contributed by atoms with Crippen LogP contribution >= 0.6 is 11.3 Å². The van der Waals surface area contributed by atoms with Crippen LogP contribution < -0.4 is 14.8 Å². The van der Waals surface area contributed by atoms with Gasteiger partial charge < -0.3 is 9.47 Å². The SMILES string of the molecule is CCCCCCOc1cc([N+](=O)[O-])c(C(=O)Nc2nnc(C(CC)CC)s2)cc1OC. The van der Waals surface area contributed by atoms with Crippen LogP contribution in [-0.2, 0) is 0 Å². The van der Waals surface area contributed by atoms with Crippen molar-refractivity contribution in [3.63, 3.8) is 0 Å². The van der Waals surface area contributed by atoms with Crippen LogP contribution in [0.1, 0.15) is 80.6 Å². The number of nitro groups is 1. The summed E-state index contributed by atoms with van der Waals surface area (Å²) >= 11 is 1.28. The number of ether oxygens (including phenoxy) is 2. The Morgan fingerprint density at radius 2 is 1.90 bits per heavy atom. The number of hydrogen-bond acceptors (Lipinski definition) is 8. The average molecular weight is 451 g/mol. The van der Waals surface area contributed by atoms with E-state index in [0.29, 0.717) is 11.7 Å². The Morgan fingerprint density at radius 1 is 1.16 bits per heavy atom. The fourth-order valence-corrected chi connectivity index (χ4v) is 4.12. The number of nitrogens with one attached hydrogen (secondary N) is 1. The van der Waals surface area contributed by atoms with Gasteiger partial charge in [0.2, 0.25) is 5.13 Å². The molecule has 1 aromatic carbocycles. The van der Waals surface area contributed by atoms with E-state index in [4.69, 9.17) is 9.47 Å². The molecule has 1 amide bonds. The smallest absolute Gasteiger partial charge is 0.286 e. The van der Waals surface area contributed by atoms with Crippen molar-refractivity contribution in [2.75, 3.05) is 19.0 Å². The number of benzene rings is 1. The van der Waals surface area contributed by atoms with Gasteiger partial charge in [-0.1, -0.05) is 51.4 Å². The van der Waals surface area contributed by atoms with Crippen LogP contribution in [-0.4, -0.2) is 34.7 Å². The molecule has 0 aliphatic carbocycles. The van der Waals surface area contributed by atoms with Crippen LogP contribution in [0, 0.1) is 10.1 Å². The number of aromatic nitrogens is 2. The average Bonchev–Trinajstić information content (AvgIpc) is 3.21. The molecule has 1 N–H and O–H groups in total. The normalized spacial score (nSPS) is 10.9. The second-order valence-corrected chi connectivity index (χ2v) is 8.11. The summed E-state index contributed by atoms with van der Waals surface area (Å²) in [7, 11) is 1.43. The number of carbonyl (C=O) groups excluding carboxylic acids is 1. The third kappa shape index (κ3) is 6.61. The zero-order valence-corrected chi connectivity index (χ0v) is 19.3. The van der Waals surface area contributed by atoms with Crippen LogP contribution in [0.2, 0.25) is 0 Å². The Morgan fingerprint density at radius 3 is 2.52 bits per heavy atom. The van der Waals surface area contributed by atoms with E-state index in [0.717, 1.165) is 43.5 Å². The van der Waals surface area contributed by atoms with Gasteiger partial charge in [0.15, 0.2) is 11.5 Å². The lowest BCUT2D eigenvalue weighted by atomic mass is 10.1. The van der Waals surface area contributed by atoms with Crippen molar-refractivity contribution in [2.24, 2.45) is 0 Å². The molecule has 0 unspecified atom stereocenters. The highest BCUT2D eigenvalue weighted by molar-refractivity contribution is 7.15. The van der Waals surface area contributed by atoms with Gasteiger partial charge in [-0.2, -0.15) is 0 Å². The maximum atomic E-state index is 12.8. The number of nitro benzene ring substituents is 1. The Kier molecular flexibility index (Phi) is 9.64. The predicted octanol–water partition coefficient (Wildman–Crippen LogP) is 5.57. The van der Waals surface area contributed by atoms with E-state index in [2.05, 4.69) is 36.3 Å². The Hall–Kier alpha value is -2.75. The summed E-state index contributed by atoms with van der Waals surface area (Å²) in [4.78, 5) is 23.8. The number of carbonyl (C=O) groups is 1. The minimum Gasteiger partial charge on any atom is -0.493 e. The molecule has 31 heavy (non-hydrogen) atoms. The molecule has 0 bridgehead atoms. The van der Waals surface area contributed by atoms with Gasteiger partial charge in [-0.05, 0) is 19.3 Å². The first-order chi connectivity index (χ1) is 14.9. The van der Waals surface area contributed by atoms with Gasteiger partial charge in [0.05, 0.1) is 24.7 Å². The van der Waals surface area contributed by atoms with Gasteiger partial charge in [0, 0.05) is 12.0 Å². The van der Waals surface area contributed by atoms with E-state index in [1.807, 2.05) is 0 Å². The van der Waals surface area contributed by atoms with Gasteiger partial charge in [0.1, 0.15) is 10.6 Å². The molecule has 170 valence electrons. The van der Waals surface area contributed by atoms with Gasteiger partial charge in [-0.3, -0.25) is 20.2 Å². The van der Waals surface area contributed by atoms with Crippen molar-refractivity contribution in [3.8, 4) is 11.5 Å². The first-order valence-corrected chi connectivity index (χ1v) is 11.4. The molecular formula is C21H30N4O5S. The summed E-state index contributed by atoms with van der Waals surface area (Å²) in [5.41, 5.74) is -0.481. The first kappa shape index (κ1) is 24.5. The van der Waals surface area contributed by atoms with Crippen molar-refractivity contribution in [2.45, 2.75) is 65.2 Å². The summed E-state index contributed by atoms with van der Waals surface area (Å²) in [5.74, 6) is 0.133. The van der Waals surface area contributed by atoms with E-state index in [9.17, 15) is 14.9 Å². The second kappa shape index (κ2) is 12.2. The molecule has 0 spiro atoms. The van der Waals surface area contributed by atoms with Crippen LogP contribution in [0.15, 0.2) is 12.1 Å². The topological polar surface area (TPSA) is 116 Å². The molecule has 0 aliphatic rings. The monoisotopic (exact) mass is 450 g/mol. The van der Waals surface area contributed by atoms with Crippen molar-refractivity contribution in [3.05, 3.63) is 32.8 Å². The minimum absolute atomic E-state index is 0.125. The largest absolute Gasteiger partial charge is 0.493 e. The van der Waals surface area contributed by atoms with E-state index >= 15 is 0 Å². The molecule has 10 heteroatoms. The highest BCUT2D eigenvalue weighted by Gasteiger charge is 2.26. The maximum Gasteiger partial charge on any atom is 0.286 e. The van der Waals surface area contributed by atoms with Crippen LogP contribution in [0.3, 0.4) is 0 Å². The summed E-state index contributed by atoms with van der Waals surface area (Å²) in [5, 5.41) is 23.5. The molecule has 2 rings (SSSR count). The molecule has 9 nitrogen and oxygen atoms in total. The molecule has 0 atom stereocenters. The standard InChI is InChI=1S/C21H30N4O5S/c1-5-8-9-10-11-30-18-13-16(25(27)28)15(12-17(18)29-4)19(26)22-21-24-23-20(31-21)14(6-2)7-3/h12-14H,5-11H2,1-4H3,(H,22,24,26). The van der Waals surface area contributed by atoms with Crippen molar-refractivity contribution in [1.82, 2.24) is 10.2 Å². The van der Waals surface area contributed by atoms with Crippen LogP contribution in [0.4, 0.5) is 10.8 Å². The Bertz CT molecular complexity index is 883. The van der Waals surface area contributed by atoms with E-state index in [-0.39, 0.29) is 28.7 Å². The lowest BCUT2D eigenvalue weighted by Crippen LogP contribution is -2.14. The summed E-state index contributed by atoms with van der Waals surface area (Å²) < 4.78 is 11.0. The number of methoxy groups -OCH3 is 1. The zero-order chi connectivity index (χ0) is 22.8. The van der Waals surface area contributed by atoms with Gasteiger partial charge in [0.25, 0.3) is 11.6 Å². The molecule has 1 aromatic heterocycles.